The minimum atomic E-state index is -0.172. The zero-order valence-corrected chi connectivity index (χ0v) is 12.9. The molecule has 4 heterocycles. The fraction of sp³-hybridized carbons (Fsp3) is 0.647. The van der Waals surface area contributed by atoms with Gasteiger partial charge in [0.15, 0.2) is 0 Å². The Bertz CT molecular complexity index is 530. The van der Waals surface area contributed by atoms with Gasteiger partial charge in [-0.25, -0.2) is 0 Å². The van der Waals surface area contributed by atoms with E-state index in [9.17, 15) is 4.79 Å². The molecule has 3 aliphatic heterocycles. The van der Waals surface area contributed by atoms with Gasteiger partial charge in [-0.3, -0.25) is 9.78 Å². The Morgan fingerprint density at radius 2 is 2.14 bits per heavy atom. The van der Waals surface area contributed by atoms with Gasteiger partial charge < -0.3 is 14.5 Å². The third-order valence-corrected chi connectivity index (χ3v) is 5.33. The number of amides is 1. The van der Waals surface area contributed by atoms with Crippen LogP contribution in [0.25, 0.3) is 0 Å². The summed E-state index contributed by atoms with van der Waals surface area (Å²) in [7, 11) is 0. The molecule has 0 unspecified atom stereocenters. The molecule has 3 fully saturated rings. The molecule has 118 valence electrons. The molecule has 0 N–H and O–H groups in total. The van der Waals surface area contributed by atoms with Crippen LogP contribution in [0.2, 0.25) is 0 Å². The van der Waals surface area contributed by atoms with Crippen molar-refractivity contribution in [1.29, 1.82) is 0 Å². The third-order valence-electron chi connectivity index (χ3n) is 5.33. The van der Waals surface area contributed by atoms with Gasteiger partial charge in [-0.15, -0.1) is 0 Å². The summed E-state index contributed by atoms with van der Waals surface area (Å²) in [5.74, 6) is 1.46. The Balaban J connectivity index is 1.40. The molecule has 0 aliphatic carbocycles. The Kier molecular flexibility index (Phi) is 3.74. The van der Waals surface area contributed by atoms with Crippen molar-refractivity contribution in [2.75, 3.05) is 37.7 Å². The maximum Gasteiger partial charge on any atom is 0.251 e. The zero-order chi connectivity index (χ0) is 14.9. The van der Waals surface area contributed by atoms with Crippen LogP contribution in [-0.2, 0) is 9.53 Å². The largest absolute Gasteiger partial charge is 0.370 e. The van der Waals surface area contributed by atoms with Crippen molar-refractivity contribution in [1.82, 2.24) is 9.88 Å². The van der Waals surface area contributed by atoms with Gasteiger partial charge in [0.05, 0.1) is 11.9 Å². The lowest BCUT2D eigenvalue weighted by Crippen LogP contribution is -2.40. The average Bonchev–Trinajstić information content (AvgIpc) is 3.23. The van der Waals surface area contributed by atoms with Crippen LogP contribution in [0.1, 0.15) is 19.3 Å². The summed E-state index contributed by atoms with van der Waals surface area (Å²) in [5, 5.41) is 0. The van der Waals surface area contributed by atoms with Gasteiger partial charge in [0.1, 0.15) is 6.10 Å². The quantitative estimate of drug-likeness (QED) is 0.831. The van der Waals surface area contributed by atoms with Crippen LogP contribution in [0, 0.1) is 11.8 Å². The molecular formula is C17H23N3O2. The fourth-order valence-corrected chi connectivity index (χ4v) is 4.10. The number of hydrogen-bond acceptors (Lipinski definition) is 4. The highest BCUT2D eigenvalue weighted by Gasteiger charge is 2.41. The topological polar surface area (TPSA) is 45.7 Å². The van der Waals surface area contributed by atoms with E-state index >= 15 is 0 Å². The summed E-state index contributed by atoms with van der Waals surface area (Å²) >= 11 is 0. The van der Waals surface area contributed by atoms with Crippen LogP contribution >= 0.6 is 0 Å². The molecule has 0 spiro atoms. The number of aromatic nitrogens is 1. The molecular weight excluding hydrogens is 278 g/mol. The van der Waals surface area contributed by atoms with Crippen molar-refractivity contribution < 1.29 is 9.53 Å². The first-order valence-electron chi connectivity index (χ1n) is 8.36. The van der Waals surface area contributed by atoms with Gasteiger partial charge in [0.2, 0.25) is 0 Å². The van der Waals surface area contributed by atoms with Crippen LogP contribution < -0.4 is 4.90 Å². The van der Waals surface area contributed by atoms with Gasteiger partial charge in [0.25, 0.3) is 5.91 Å². The molecule has 0 saturated carbocycles. The van der Waals surface area contributed by atoms with E-state index in [-0.39, 0.29) is 12.0 Å². The number of carbonyl (C=O) groups is 1. The number of pyridine rings is 1. The number of rotatable bonds is 2. The van der Waals surface area contributed by atoms with E-state index in [1.165, 1.54) is 5.69 Å². The minimum Gasteiger partial charge on any atom is -0.370 e. The summed E-state index contributed by atoms with van der Waals surface area (Å²) in [4.78, 5) is 21.2. The highest BCUT2D eigenvalue weighted by atomic mass is 16.5. The normalized spacial score (nSPS) is 31.4. The minimum absolute atomic E-state index is 0.172. The smallest absolute Gasteiger partial charge is 0.251 e. The van der Waals surface area contributed by atoms with Crippen molar-refractivity contribution in [2.24, 2.45) is 11.8 Å². The van der Waals surface area contributed by atoms with E-state index in [0.717, 1.165) is 52.0 Å². The van der Waals surface area contributed by atoms with Gasteiger partial charge in [0, 0.05) is 39.0 Å². The molecule has 22 heavy (non-hydrogen) atoms. The lowest BCUT2D eigenvalue weighted by molar-refractivity contribution is -0.140. The molecule has 5 nitrogen and oxygen atoms in total. The molecule has 1 aromatic heterocycles. The highest BCUT2D eigenvalue weighted by molar-refractivity contribution is 5.81. The van der Waals surface area contributed by atoms with E-state index in [4.69, 9.17) is 4.74 Å². The first kappa shape index (κ1) is 14.0. The predicted molar refractivity (Wildman–Crippen MR) is 83.6 cm³/mol. The van der Waals surface area contributed by atoms with Crippen molar-refractivity contribution in [3.63, 3.8) is 0 Å². The predicted octanol–water partition coefficient (Wildman–Crippen LogP) is 1.55. The molecule has 5 heteroatoms. The average molecular weight is 301 g/mol. The highest BCUT2D eigenvalue weighted by Crippen LogP contribution is 2.34. The van der Waals surface area contributed by atoms with Crippen molar-refractivity contribution in [2.45, 2.75) is 25.4 Å². The van der Waals surface area contributed by atoms with Crippen molar-refractivity contribution >= 4 is 11.6 Å². The van der Waals surface area contributed by atoms with Crippen LogP contribution in [0.5, 0.6) is 0 Å². The number of fused-ring (bicyclic) bond motifs is 1. The first-order chi connectivity index (χ1) is 10.8. The van der Waals surface area contributed by atoms with E-state index in [1.54, 1.807) is 0 Å². The standard InChI is InChI=1S/C17H23N3O2/c21-17(16-4-2-8-22-16)20-10-13-5-7-19(11-14(13)12-20)15-3-1-6-18-9-15/h1,3,6,9,13-14,16H,2,4-5,7-8,10-12H2/t13-,14+,16+/m0/s1. The van der Waals surface area contributed by atoms with Gasteiger partial charge >= 0.3 is 0 Å². The van der Waals surface area contributed by atoms with Gasteiger partial charge in [-0.05, 0) is 43.2 Å². The van der Waals surface area contributed by atoms with Crippen molar-refractivity contribution in [3.8, 4) is 0 Å². The van der Waals surface area contributed by atoms with Crippen LogP contribution in [0.4, 0.5) is 5.69 Å². The lowest BCUT2D eigenvalue weighted by atomic mass is 9.88. The number of likely N-dealkylation sites (tertiary alicyclic amines) is 1. The molecule has 3 aliphatic rings. The molecule has 0 radical (unpaired) electrons. The Morgan fingerprint density at radius 1 is 1.23 bits per heavy atom. The third kappa shape index (κ3) is 2.58. The first-order valence-corrected chi connectivity index (χ1v) is 8.36. The zero-order valence-electron chi connectivity index (χ0n) is 12.9. The SMILES string of the molecule is O=C([C@H]1CCCO1)N1C[C@@H]2CCN(c3cccnc3)C[C@@H]2C1. The monoisotopic (exact) mass is 301 g/mol. The Morgan fingerprint density at radius 3 is 2.91 bits per heavy atom. The number of ether oxygens (including phenoxy) is 1. The van der Waals surface area contributed by atoms with Crippen LogP contribution in [-0.4, -0.2) is 54.7 Å². The maximum absolute atomic E-state index is 12.5. The summed E-state index contributed by atoms with van der Waals surface area (Å²) in [5.41, 5.74) is 1.20. The molecule has 1 aromatic rings. The Hall–Kier alpha value is -1.62. The van der Waals surface area contributed by atoms with E-state index in [0.29, 0.717) is 11.8 Å². The summed E-state index contributed by atoms with van der Waals surface area (Å²) in [6.45, 7) is 4.65. The molecule has 4 rings (SSSR count). The Labute approximate surface area is 131 Å². The van der Waals surface area contributed by atoms with Gasteiger partial charge in [-0.1, -0.05) is 0 Å². The maximum atomic E-state index is 12.5. The second-order valence-corrected chi connectivity index (χ2v) is 6.71. The molecule has 1 amide bonds. The van der Waals surface area contributed by atoms with Crippen LogP contribution in [0.15, 0.2) is 24.5 Å². The molecule has 0 bridgehead atoms. The van der Waals surface area contributed by atoms with Gasteiger partial charge in [-0.2, -0.15) is 0 Å². The number of nitrogens with zero attached hydrogens (tertiary/aromatic N) is 3. The fourth-order valence-electron chi connectivity index (χ4n) is 4.10. The number of carbonyl (C=O) groups excluding carboxylic acids is 1. The van der Waals surface area contributed by atoms with E-state index in [1.807, 2.05) is 18.5 Å². The second kappa shape index (κ2) is 5.88. The second-order valence-electron chi connectivity index (χ2n) is 6.71. The van der Waals surface area contributed by atoms with E-state index < -0.39 is 0 Å². The van der Waals surface area contributed by atoms with Crippen molar-refractivity contribution in [3.05, 3.63) is 24.5 Å². The van der Waals surface area contributed by atoms with Crippen LogP contribution in [0.3, 0.4) is 0 Å². The summed E-state index contributed by atoms with van der Waals surface area (Å²) in [6.07, 6.45) is 6.65. The summed E-state index contributed by atoms with van der Waals surface area (Å²) < 4.78 is 5.56. The number of piperidine rings is 1. The number of anilines is 1. The summed E-state index contributed by atoms with van der Waals surface area (Å²) in [6, 6.07) is 4.11. The number of hydrogen-bond donors (Lipinski definition) is 0. The molecule has 3 atom stereocenters. The molecule has 0 aromatic carbocycles. The van der Waals surface area contributed by atoms with E-state index in [2.05, 4.69) is 20.9 Å². The molecule has 3 saturated heterocycles. The lowest BCUT2D eigenvalue weighted by Gasteiger charge is -2.35.